The zero-order valence-corrected chi connectivity index (χ0v) is 16.1. The fourth-order valence-electron chi connectivity index (χ4n) is 2.42. The summed E-state index contributed by atoms with van der Waals surface area (Å²) in [4.78, 5) is 16.1. The van der Waals surface area contributed by atoms with Crippen LogP contribution in [0.25, 0.3) is 0 Å². The maximum Gasteiger partial charge on any atom is 0.222 e. The van der Waals surface area contributed by atoms with Crippen LogP contribution in [0.2, 0.25) is 0 Å². The molecular weight excluding hydrogens is 316 g/mol. The summed E-state index contributed by atoms with van der Waals surface area (Å²) in [6, 6.07) is 6.34. The van der Waals surface area contributed by atoms with Crippen LogP contribution in [-0.2, 0) is 11.2 Å². The normalized spacial score (nSPS) is 11.4. The quantitative estimate of drug-likeness (QED) is 0.471. The van der Waals surface area contributed by atoms with Crippen molar-refractivity contribution in [1.29, 1.82) is 0 Å². The highest BCUT2D eigenvalue weighted by molar-refractivity contribution is 5.80. The van der Waals surface area contributed by atoms with Gasteiger partial charge in [0.05, 0.1) is 13.7 Å². The Labute approximate surface area is 151 Å². The molecule has 0 aromatic heterocycles. The number of carbonyl (C=O) groups excluding carboxylic acids is 1. The van der Waals surface area contributed by atoms with Crippen molar-refractivity contribution in [2.45, 2.75) is 46.6 Å². The molecule has 0 aliphatic rings. The predicted octanol–water partition coefficient (Wildman–Crippen LogP) is 2.02. The number of rotatable bonds is 9. The summed E-state index contributed by atoms with van der Waals surface area (Å²) in [5.74, 6) is 1.66. The molecule has 0 aliphatic heterocycles. The monoisotopic (exact) mass is 348 g/mol. The Morgan fingerprint density at radius 3 is 2.68 bits per heavy atom. The summed E-state index contributed by atoms with van der Waals surface area (Å²) in [5.41, 5.74) is 2.38. The van der Waals surface area contributed by atoms with Crippen LogP contribution in [-0.4, -0.2) is 44.7 Å². The molecule has 1 aromatic rings. The summed E-state index contributed by atoms with van der Waals surface area (Å²) >= 11 is 0. The molecule has 0 unspecified atom stereocenters. The van der Waals surface area contributed by atoms with Crippen LogP contribution in [0.5, 0.6) is 5.75 Å². The van der Waals surface area contributed by atoms with Crippen molar-refractivity contribution in [1.82, 2.24) is 16.0 Å². The van der Waals surface area contributed by atoms with E-state index in [1.54, 1.807) is 7.11 Å². The Balaban J connectivity index is 2.51. The molecule has 0 heterocycles. The van der Waals surface area contributed by atoms with Gasteiger partial charge in [-0.3, -0.25) is 9.79 Å². The van der Waals surface area contributed by atoms with E-state index in [4.69, 9.17) is 4.74 Å². The summed E-state index contributed by atoms with van der Waals surface area (Å²) < 4.78 is 5.41. The Hall–Kier alpha value is -2.24. The number of hydrogen-bond donors (Lipinski definition) is 3. The van der Waals surface area contributed by atoms with E-state index in [1.165, 1.54) is 11.1 Å². The van der Waals surface area contributed by atoms with Crippen molar-refractivity contribution >= 4 is 11.9 Å². The fourth-order valence-corrected chi connectivity index (χ4v) is 2.42. The Morgan fingerprint density at radius 2 is 2.04 bits per heavy atom. The second kappa shape index (κ2) is 11.3. The average molecular weight is 348 g/mol. The van der Waals surface area contributed by atoms with Crippen LogP contribution in [0.3, 0.4) is 0 Å². The van der Waals surface area contributed by atoms with Crippen LogP contribution < -0.4 is 20.7 Å². The molecule has 3 N–H and O–H groups in total. The number of aliphatic imine (C=N–C) groups is 1. The van der Waals surface area contributed by atoms with Crippen LogP contribution in [0.15, 0.2) is 23.2 Å². The highest BCUT2D eigenvalue weighted by Crippen LogP contribution is 2.19. The lowest BCUT2D eigenvalue weighted by Crippen LogP contribution is -2.38. The number of methoxy groups -OCH3 is 1. The molecule has 0 radical (unpaired) electrons. The number of nitrogens with zero attached hydrogens (tertiary/aromatic N) is 1. The van der Waals surface area contributed by atoms with Gasteiger partial charge in [0.25, 0.3) is 0 Å². The molecular formula is C19H32N4O2. The average Bonchev–Trinajstić information content (AvgIpc) is 2.54. The van der Waals surface area contributed by atoms with E-state index >= 15 is 0 Å². The Bertz CT molecular complexity index is 571. The maximum absolute atomic E-state index is 11.7. The molecule has 0 aliphatic carbocycles. The molecule has 6 nitrogen and oxygen atoms in total. The van der Waals surface area contributed by atoms with Gasteiger partial charge < -0.3 is 20.7 Å². The molecule has 25 heavy (non-hydrogen) atoms. The molecule has 140 valence electrons. The van der Waals surface area contributed by atoms with Crippen molar-refractivity contribution in [3.05, 3.63) is 29.3 Å². The molecule has 0 spiro atoms. The Kier molecular flexibility index (Phi) is 9.43. The third-order valence-corrected chi connectivity index (χ3v) is 3.53. The van der Waals surface area contributed by atoms with Gasteiger partial charge in [0.2, 0.25) is 5.91 Å². The van der Waals surface area contributed by atoms with E-state index in [0.29, 0.717) is 13.0 Å². The molecule has 6 heteroatoms. The van der Waals surface area contributed by atoms with E-state index in [-0.39, 0.29) is 11.9 Å². The number of ether oxygens (including phenoxy) is 1. The molecule has 0 fully saturated rings. The largest absolute Gasteiger partial charge is 0.496 e. The zero-order valence-electron chi connectivity index (χ0n) is 16.1. The number of nitrogens with one attached hydrogen (secondary N) is 3. The summed E-state index contributed by atoms with van der Waals surface area (Å²) in [7, 11) is 1.69. The fraction of sp³-hybridized carbons (Fsp3) is 0.579. The molecule has 1 aromatic carbocycles. The van der Waals surface area contributed by atoms with Gasteiger partial charge in [-0.05, 0) is 45.7 Å². The summed E-state index contributed by atoms with van der Waals surface area (Å²) in [5, 5.41) is 9.37. The van der Waals surface area contributed by atoms with Gasteiger partial charge in [-0.25, -0.2) is 0 Å². The number of amides is 1. The lowest BCUT2D eigenvalue weighted by atomic mass is 10.1. The van der Waals surface area contributed by atoms with E-state index < -0.39 is 0 Å². The van der Waals surface area contributed by atoms with Gasteiger partial charge in [0.1, 0.15) is 5.75 Å². The molecule has 1 amide bonds. The first kappa shape index (κ1) is 20.8. The number of benzene rings is 1. The highest BCUT2D eigenvalue weighted by Gasteiger charge is 2.05. The van der Waals surface area contributed by atoms with Crippen LogP contribution in [0.4, 0.5) is 0 Å². The minimum atomic E-state index is 0.0269. The third kappa shape index (κ3) is 8.42. The molecule has 0 bridgehead atoms. The lowest BCUT2D eigenvalue weighted by Gasteiger charge is -2.13. The van der Waals surface area contributed by atoms with E-state index in [2.05, 4.69) is 33.9 Å². The molecule has 0 atom stereocenters. The molecule has 1 rings (SSSR count). The highest BCUT2D eigenvalue weighted by atomic mass is 16.5. The van der Waals surface area contributed by atoms with Crippen molar-refractivity contribution in [3.63, 3.8) is 0 Å². The first-order valence-corrected chi connectivity index (χ1v) is 8.91. The van der Waals surface area contributed by atoms with Crippen molar-refractivity contribution in [3.8, 4) is 5.75 Å². The smallest absolute Gasteiger partial charge is 0.222 e. The summed E-state index contributed by atoms with van der Waals surface area (Å²) in [6.45, 7) is 9.97. The van der Waals surface area contributed by atoms with Crippen molar-refractivity contribution in [2.24, 2.45) is 4.99 Å². The first-order chi connectivity index (χ1) is 12.0. The first-order valence-electron chi connectivity index (χ1n) is 8.91. The van der Waals surface area contributed by atoms with Crippen molar-refractivity contribution in [2.75, 3.05) is 26.7 Å². The zero-order chi connectivity index (χ0) is 18.7. The van der Waals surface area contributed by atoms with Crippen LogP contribution >= 0.6 is 0 Å². The summed E-state index contributed by atoms with van der Waals surface area (Å²) in [6.07, 6.45) is 1.23. The third-order valence-electron chi connectivity index (χ3n) is 3.53. The van der Waals surface area contributed by atoms with E-state index in [0.717, 1.165) is 31.2 Å². The number of carbonyl (C=O) groups is 1. The molecule has 0 saturated carbocycles. The van der Waals surface area contributed by atoms with Crippen LogP contribution in [0, 0.1) is 6.92 Å². The van der Waals surface area contributed by atoms with E-state index in [9.17, 15) is 4.79 Å². The van der Waals surface area contributed by atoms with Gasteiger partial charge >= 0.3 is 0 Å². The second-order valence-corrected chi connectivity index (χ2v) is 6.22. The van der Waals surface area contributed by atoms with E-state index in [1.807, 2.05) is 32.9 Å². The van der Waals surface area contributed by atoms with Crippen LogP contribution in [0.1, 0.15) is 38.3 Å². The van der Waals surface area contributed by atoms with Gasteiger partial charge in [-0.2, -0.15) is 0 Å². The second-order valence-electron chi connectivity index (χ2n) is 6.22. The Morgan fingerprint density at radius 1 is 1.28 bits per heavy atom. The minimum absolute atomic E-state index is 0.0269. The topological polar surface area (TPSA) is 74.8 Å². The minimum Gasteiger partial charge on any atom is -0.496 e. The number of guanidine groups is 1. The SMILES string of the molecule is CCNC(=NCCC(=O)NC(C)C)NCCc1cc(C)ccc1OC. The number of hydrogen-bond acceptors (Lipinski definition) is 3. The van der Waals surface area contributed by atoms with Gasteiger partial charge in [0.15, 0.2) is 5.96 Å². The molecule has 0 saturated heterocycles. The maximum atomic E-state index is 11.7. The standard InChI is InChI=1S/C19H32N4O2/c1-6-20-19(22-12-10-18(24)23-14(2)3)21-11-9-16-13-15(4)7-8-17(16)25-5/h7-8,13-14H,6,9-12H2,1-5H3,(H,23,24)(H2,20,21,22). The van der Waals surface area contributed by atoms with Gasteiger partial charge in [-0.1, -0.05) is 17.7 Å². The van der Waals surface area contributed by atoms with Gasteiger partial charge in [0, 0.05) is 25.6 Å². The van der Waals surface area contributed by atoms with Gasteiger partial charge in [-0.15, -0.1) is 0 Å². The van der Waals surface area contributed by atoms with Crippen molar-refractivity contribution < 1.29 is 9.53 Å². The lowest BCUT2D eigenvalue weighted by molar-refractivity contribution is -0.121. The predicted molar refractivity (Wildman–Crippen MR) is 103 cm³/mol. The number of aryl methyl sites for hydroxylation is 1.